The summed E-state index contributed by atoms with van der Waals surface area (Å²) in [5.74, 6) is 0.650. The molecule has 0 atom stereocenters. The number of hydrogen-bond acceptors (Lipinski definition) is 4. The number of carbonyl (C=O) groups is 1. The summed E-state index contributed by atoms with van der Waals surface area (Å²) >= 11 is 5.98. The van der Waals surface area contributed by atoms with Crippen LogP contribution in [0, 0.1) is 10.1 Å². The van der Waals surface area contributed by atoms with Gasteiger partial charge in [-0.05, 0) is 48.6 Å². The van der Waals surface area contributed by atoms with Gasteiger partial charge in [0.2, 0.25) is 0 Å². The third kappa shape index (κ3) is 3.83. The molecule has 1 amide bonds. The minimum atomic E-state index is -0.557. The molecule has 3 rings (SSSR count). The molecule has 0 heterocycles. The fourth-order valence-corrected chi connectivity index (χ4v) is 2.91. The summed E-state index contributed by atoms with van der Waals surface area (Å²) in [6.07, 6.45) is 1.10. The van der Waals surface area contributed by atoms with E-state index >= 15 is 0 Å². The van der Waals surface area contributed by atoms with Crippen LogP contribution in [0.1, 0.15) is 24.3 Å². The highest BCUT2D eigenvalue weighted by molar-refractivity contribution is 6.30. The third-order valence-corrected chi connectivity index (χ3v) is 4.27. The zero-order valence-corrected chi connectivity index (χ0v) is 13.4. The molecule has 124 valence electrons. The van der Waals surface area contributed by atoms with Crippen LogP contribution in [0.5, 0.6) is 5.75 Å². The van der Waals surface area contributed by atoms with Crippen LogP contribution < -0.4 is 10.1 Å². The second-order valence-corrected chi connectivity index (χ2v) is 6.14. The number of nitro benzene ring substituents is 1. The molecule has 1 saturated carbocycles. The van der Waals surface area contributed by atoms with Gasteiger partial charge in [-0.2, -0.15) is 0 Å². The minimum Gasteiger partial charge on any atom is -0.410 e. The Morgan fingerprint density at radius 2 is 1.92 bits per heavy atom. The van der Waals surface area contributed by atoms with Gasteiger partial charge in [-0.3, -0.25) is 10.1 Å². The molecule has 2 aromatic carbocycles. The molecule has 0 bridgehead atoms. The molecule has 1 aliphatic rings. The van der Waals surface area contributed by atoms with Gasteiger partial charge < -0.3 is 10.1 Å². The van der Waals surface area contributed by atoms with Crippen LogP contribution in [-0.4, -0.2) is 17.1 Å². The quantitative estimate of drug-likeness (QED) is 0.661. The molecule has 0 radical (unpaired) electrons. The molecule has 1 fully saturated rings. The number of rotatable bonds is 4. The topological polar surface area (TPSA) is 81.5 Å². The van der Waals surface area contributed by atoms with E-state index in [0.29, 0.717) is 10.9 Å². The molecule has 1 N–H and O–H groups in total. The molecule has 2 aromatic rings. The van der Waals surface area contributed by atoms with Crippen LogP contribution in [0.4, 0.5) is 10.5 Å². The maximum atomic E-state index is 11.8. The number of halogens is 1. The maximum absolute atomic E-state index is 11.8. The first-order valence-electron chi connectivity index (χ1n) is 7.49. The molecule has 24 heavy (non-hydrogen) atoms. The van der Waals surface area contributed by atoms with Gasteiger partial charge in [0.15, 0.2) is 0 Å². The predicted molar refractivity (Wildman–Crippen MR) is 89.5 cm³/mol. The normalized spacial score (nSPS) is 19.2. The second kappa shape index (κ2) is 6.88. The number of hydrogen-bond donors (Lipinski definition) is 1. The van der Waals surface area contributed by atoms with Crippen molar-refractivity contribution in [3.8, 4) is 5.75 Å². The molecular formula is C17H15ClN2O4. The standard InChI is InChI=1S/C17H15ClN2O4/c18-13-3-1-2-11(8-13)12-9-14(10-12)19-17(21)24-16-6-4-15(5-7-16)20(22)23/h1-8,12,14H,9-10H2,(H,19,21). The number of nitrogens with zero attached hydrogens (tertiary/aromatic N) is 1. The van der Waals surface area contributed by atoms with E-state index in [1.807, 2.05) is 24.3 Å². The average Bonchev–Trinajstić information content (AvgIpc) is 2.51. The average molecular weight is 347 g/mol. The van der Waals surface area contributed by atoms with Crippen molar-refractivity contribution >= 4 is 23.4 Å². The van der Waals surface area contributed by atoms with E-state index in [4.69, 9.17) is 16.3 Å². The van der Waals surface area contributed by atoms with E-state index in [1.54, 1.807) is 0 Å². The van der Waals surface area contributed by atoms with E-state index in [1.165, 1.54) is 29.8 Å². The summed E-state index contributed by atoms with van der Waals surface area (Å²) in [7, 11) is 0. The molecule has 6 nitrogen and oxygen atoms in total. The van der Waals surface area contributed by atoms with Crippen LogP contribution >= 0.6 is 11.6 Å². The molecule has 0 aliphatic heterocycles. The first kappa shape index (κ1) is 16.3. The van der Waals surface area contributed by atoms with Crippen LogP contribution in [0.15, 0.2) is 48.5 Å². The Bertz CT molecular complexity index is 757. The van der Waals surface area contributed by atoms with Gasteiger partial charge in [-0.15, -0.1) is 0 Å². The van der Waals surface area contributed by atoms with E-state index in [2.05, 4.69) is 5.32 Å². The summed E-state index contributed by atoms with van der Waals surface area (Å²) in [5, 5.41) is 14.1. The van der Waals surface area contributed by atoms with Crippen LogP contribution in [-0.2, 0) is 0 Å². The van der Waals surface area contributed by atoms with E-state index in [-0.39, 0.29) is 17.5 Å². The first-order chi connectivity index (χ1) is 11.5. The van der Waals surface area contributed by atoms with Gasteiger partial charge in [-0.25, -0.2) is 4.79 Å². The van der Waals surface area contributed by atoms with Crippen molar-refractivity contribution < 1.29 is 14.5 Å². The lowest BCUT2D eigenvalue weighted by atomic mass is 9.76. The smallest absolute Gasteiger partial charge is 0.410 e. The lowest BCUT2D eigenvalue weighted by molar-refractivity contribution is -0.384. The molecule has 7 heteroatoms. The van der Waals surface area contributed by atoms with Crippen molar-refractivity contribution in [3.63, 3.8) is 0 Å². The highest BCUT2D eigenvalue weighted by Gasteiger charge is 2.31. The highest BCUT2D eigenvalue weighted by Crippen LogP contribution is 2.37. The number of non-ortho nitro benzene ring substituents is 1. The number of nitro groups is 1. The largest absolute Gasteiger partial charge is 0.412 e. The van der Waals surface area contributed by atoms with Gasteiger partial charge in [0.1, 0.15) is 5.75 Å². The summed E-state index contributed by atoms with van der Waals surface area (Å²) in [6.45, 7) is 0. The van der Waals surface area contributed by atoms with Gasteiger partial charge in [-0.1, -0.05) is 23.7 Å². The van der Waals surface area contributed by atoms with Crippen molar-refractivity contribution in [1.29, 1.82) is 0 Å². The molecule has 1 aliphatic carbocycles. The SMILES string of the molecule is O=C(NC1CC(c2cccc(Cl)c2)C1)Oc1ccc([N+](=O)[O-])cc1. The van der Waals surface area contributed by atoms with Crippen molar-refractivity contribution in [3.05, 3.63) is 69.2 Å². The van der Waals surface area contributed by atoms with Gasteiger partial charge >= 0.3 is 6.09 Å². The minimum absolute atomic E-state index is 0.0499. The third-order valence-electron chi connectivity index (χ3n) is 4.04. The Hall–Kier alpha value is -2.60. The van der Waals surface area contributed by atoms with Gasteiger partial charge in [0.25, 0.3) is 5.69 Å². The van der Waals surface area contributed by atoms with Crippen molar-refractivity contribution in [2.45, 2.75) is 24.8 Å². The Kier molecular flexibility index (Phi) is 4.66. The Morgan fingerprint density at radius 3 is 2.54 bits per heavy atom. The van der Waals surface area contributed by atoms with Crippen LogP contribution in [0.25, 0.3) is 0 Å². The lowest BCUT2D eigenvalue weighted by Crippen LogP contribution is -2.44. The number of amides is 1. The van der Waals surface area contributed by atoms with Crippen molar-refractivity contribution in [2.75, 3.05) is 0 Å². The molecular weight excluding hydrogens is 332 g/mol. The summed E-state index contributed by atoms with van der Waals surface area (Å²) in [4.78, 5) is 21.9. The number of ether oxygens (including phenoxy) is 1. The van der Waals surface area contributed by atoms with E-state index in [9.17, 15) is 14.9 Å². The van der Waals surface area contributed by atoms with Crippen molar-refractivity contribution in [2.24, 2.45) is 0 Å². The second-order valence-electron chi connectivity index (χ2n) is 5.71. The first-order valence-corrected chi connectivity index (χ1v) is 7.87. The maximum Gasteiger partial charge on any atom is 0.412 e. The number of nitrogens with one attached hydrogen (secondary N) is 1. The molecule has 0 unspecified atom stereocenters. The fourth-order valence-electron chi connectivity index (χ4n) is 2.71. The summed E-state index contributed by atoms with van der Waals surface area (Å²) in [5.41, 5.74) is 1.12. The Labute approximate surface area is 143 Å². The summed E-state index contributed by atoms with van der Waals surface area (Å²) < 4.78 is 5.12. The van der Waals surface area contributed by atoms with E-state index < -0.39 is 11.0 Å². The monoisotopic (exact) mass is 346 g/mol. The molecule has 0 saturated heterocycles. The molecule has 0 spiro atoms. The van der Waals surface area contributed by atoms with Crippen LogP contribution in [0.2, 0.25) is 5.02 Å². The zero-order valence-electron chi connectivity index (χ0n) is 12.6. The number of benzene rings is 2. The Balaban J connectivity index is 1.47. The molecule has 0 aromatic heterocycles. The van der Waals surface area contributed by atoms with Crippen molar-refractivity contribution in [1.82, 2.24) is 5.32 Å². The lowest BCUT2D eigenvalue weighted by Gasteiger charge is -2.35. The number of carbonyl (C=O) groups excluding carboxylic acids is 1. The fraction of sp³-hybridized carbons (Fsp3) is 0.235. The zero-order chi connectivity index (χ0) is 17.1. The Morgan fingerprint density at radius 1 is 1.21 bits per heavy atom. The summed E-state index contributed by atoms with van der Waals surface area (Å²) in [6, 6.07) is 13.2. The van der Waals surface area contributed by atoms with Gasteiger partial charge in [0.05, 0.1) is 4.92 Å². The van der Waals surface area contributed by atoms with E-state index in [0.717, 1.165) is 12.8 Å². The predicted octanol–water partition coefficient (Wildman–Crippen LogP) is 4.28. The van der Waals surface area contributed by atoms with Gasteiger partial charge in [0, 0.05) is 23.2 Å². The van der Waals surface area contributed by atoms with Crippen LogP contribution in [0.3, 0.4) is 0 Å². The highest BCUT2D eigenvalue weighted by atomic mass is 35.5.